The summed E-state index contributed by atoms with van der Waals surface area (Å²) in [6.45, 7) is 1.76. The van der Waals surface area contributed by atoms with Crippen molar-refractivity contribution in [3.05, 3.63) is 34.8 Å². The minimum absolute atomic E-state index is 0.00324. The van der Waals surface area contributed by atoms with E-state index < -0.39 is 5.97 Å². The molecule has 0 aliphatic heterocycles. The first-order chi connectivity index (χ1) is 10.5. The number of rotatable bonds is 2. The maximum absolute atomic E-state index is 11.7. The van der Waals surface area contributed by atoms with Crippen molar-refractivity contribution in [2.75, 3.05) is 12.8 Å². The molecule has 22 heavy (non-hydrogen) atoms. The molecular weight excluding hydrogens is 308 g/mol. The molecule has 7 nitrogen and oxygen atoms in total. The predicted molar refractivity (Wildman–Crippen MR) is 80.5 cm³/mol. The molecule has 2 N–H and O–H groups in total. The zero-order valence-corrected chi connectivity index (χ0v) is 12.5. The van der Waals surface area contributed by atoms with Gasteiger partial charge in [0.05, 0.1) is 7.11 Å². The van der Waals surface area contributed by atoms with Gasteiger partial charge in [0.2, 0.25) is 0 Å². The van der Waals surface area contributed by atoms with Crippen LogP contribution < -0.4 is 5.73 Å². The summed E-state index contributed by atoms with van der Waals surface area (Å²) in [6.07, 6.45) is 0. The van der Waals surface area contributed by atoms with Crippen LogP contribution in [0.4, 0.5) is 5.82 Å². The van der Waals surface area contributed by atoms with E-state index in [1.54, 1.807) is 25.1 Å². The monoisotopic (exact) mass is 318 g/mol. The molecule has 0 saturated carbocycles. The number of nitrogens with two attached hydrogens (primary N) is 1. The van der Waals surface area contributed by atoms with Gasteiger partial charge in [-0.1, -0.05) is 11.6 Å². The van der Waals surface area contributed by atoms with Crippen LogP contribution in [-0.2, 0) is 4.74 Å². The van der Waals surface area contributed by atoms with E-state index in [1.165, 1.54) is 7.11 Å². The maximum atomic E-state index is 11.7. The number of carbonyl (C=O) groups is 1. The molecule has 3 aromatic rings. The third-order valence-corrected chi connectivity index (χ3v) is 3.38. The summed E-state index contributed by atoms with van der Waals surface area (Å²) in [7, 11) is 1.24. The fourth-order valence-electron chi connectivity index (χ4n) is 2.01. The molecule has 0 bridgehead atoms. The summed E-state index contributed by atoms with van der Waals surface area (Å²) in [6, 6.07) is 5.24. The van der Waals surface area contributed by atoms with Crippen molar-refractivity contribution in [1.82, 2.24) is 15.0 Å². The van der Waals surface area contributed by atoms with E-state index >= 15 is 0 Å². The van der Waals surface area contributed by atoms with E-state index in [1.807, 2.05) is 0 Å². The molecule has 0 atom stereocenters. The van der Waals surface area contributed by atoms with Gasteiger partial charge in [0.1, 0.15) is 16.4 Å². The molecule has 0 aliphatic rings. The SMILES string of the molecule is COC(=O)c1nc(-c2ccc3oc(C)nc3c2)nc(N)c1Cl. The molecule has 0 aliphatic carbocycles. The van der Waals surface area contributed by atoms with Crippen molar-refractivity contribution < 1.29 is 13.9 Å². The number of methoxy groups -OCH3 is 1. The van der Waals surface area contributed by atoms with Crippen molar-refractivity contribution in [2.45, 2.75) is 6.92 Å². The van der Waals surface area contributed by atoms with Crippen molar-refractivity contribution in [3.8, 4) is 11.4 Å². The first-order valence-electron chi connectivity index (χ1n) is 6.28. The molecule has 0 spiro atoms. The topological polar surface area (TPSA) is 104 Å². The Morgan fingerprint density at radius 1 is 1.32 bits per heavy atom. The summed E-state index contributed by atoms with van der Waals surface area (Å²) in [5, 5.41) is -0.0334. The summed E-state index contributed by atoms with van der Waals surface area (Å²) < 4.78 is 10.0. The number of aryl methyl sites for hydroxylation is 1. The molecule has 8 heteroatoms. The second-order valence-electron chi connectivity index (χ2n) is 4.50. The number of ether oxygens (including phenoxy) is 1. The molecular formula is C14H11ClN4O3. The molecule has 0 unspecified atom stereocenters. The van der Waals surface area contributed by atoms with Crippen LogP contribution in [0.15, 0.2) is 22.6 Å². The van der Waals surface area contributed by atoms with Crippen LogP contribution in [0.5, 0.6) is 0 Å². The summed E-state index contributed by atoms with van der Waals surface area (Å²) in [4.78, 5) is 24.2. The van der Waals surface area contributed by atoms with Gasteiger partial charge >= 0.3 is 5.97 Å². The van der Waals surface area contributed by atoms with Crippen LogP contribution in [0.3, 0.4) is 0 Å². The summed E-state index contributed by atoms with van der Waals surface area (Å²) in [5.74, 6) is 0.131. The average Bonchev–Trinajstić information content (AvgIpc) is 2.88. The molecule has 1 aromatic carbocycles. The highest BCUT2D eigenvalue weighted by Crippen LogP contribution is 2.27. The van der Waals surface area contributed by atoms with E-state index in [9.17, 15) is 4.79 Å². The van der Waals surface area contributed by atoms with E-state index in [-0.39, 0.29) is 22.4 Å². The Labute approximate surface area is 130 Å². The van der Waals surface area contributed by atoms with Gasteiger partial charge in [-0.2, -0.15) is 0 Å². The number of benzene rings is 1. The number of nitrogen functional groups attached to an aromatic ring is 1. The fourth-order valence-corrected chi connectivity index (χ4v) is 2.17. The Hall–Kier alpha value is -2.67. The number of halogens is 1. The molecule has 0 fully saturated rings. The lowest BCUT2D eigenvalue weighted by Crippen LogP contribution is -2.09. The second-order valence-corrected chi connectivity index (χ2v) is 4.88. The van der Waals surface area contributed by atoms with E-state index in [0.29, 0.717) is 22.6 Å². The zero-order chi connectivity index (χ0) is 15.9. The fraction of sp³-hybridized carbons (Fsp3) is 0.143. The Morgan fingerprint density at radius 3 is 2.82 bits per heavy atom. The van der Waals surface area contributed by atoms with Crippen LogP contribution in [0.1, 0.15) is 16.4 Å². The first kappa shape index (κ1) is 14.3. The number of hydrogen-bond donors (Lipinski definition) is 1. The number of esters is 1. The Bertz CT molecular complexity index is 891. The second kappa shape index (κ2) is 5.27. The van der Waals surface area contributed by atoms with Crippen LogP contribution in [-0.4, -0.2) is 28.0 Å². The standard InChI is InChI=1S/C14H11ClN4O3/c1-6-17-8-5-7(3-4-9(8)22-6)13-18-11(14(20)21-2)10(15)12(16)19-13/h3-5H,1-2H3,(H2,16,18,19). The largest absolute Gasteiger partial charge is 0.464 e. The van der Waals surface area contributed by atoms with Gasteiger partial charge in [0.15, 0.2) is 23.0 Å². The Balaban J connectivity index is 2.17. The number of oxazole rings is 1. The van der Waals surface area contributed by atoms with Crippen molar-refractivity contribution in [2.24, 2.45) is 0 Å². The summed E-state index contributed by atoms with van der Waals surface area (Å²) in [5.41, 5.74) is 7.60. The number of hydrogen-bond acceptors (Lipinski definition) is 7. The van der Waals surface area contributed by atoms with Gasteiger partial charge in [0, 0.05) is 12.5 Å². The molecule has 0 saturated heterocycles. The number of fused-ring (bicyclic) bond motifs is 1. The van der Waals surface area contributed by atoms with Gasteiger partial charge in [-0.05, 0) is 18.2 Å². The third kappa shape index (κ3) is 2.35. The van der Waals surface area contributed by atoms with Crippen LogP contribution in [0.2, 0.25) is 5.02 Å². The van der Waals surface area contributed by atoms with Crippen LogP contribution in [0, 0.1) is 6.92 Å². The number of carbonyl (C=O) groups excluding carboxylic acids is 1. The van der Waals surface area contributed by atoms with Crippen molar-refractivity contribution in [3.63, 3.8) is 0 Å². The van der Waals surface area contributed by atoms with Gasteiger partial charge in [-0.15, -0.1) is 0 Å². The zero-order valence-electron chi connectivity index (χ0n) is 11.8. The van der Waals surface area contributed by atoms with E-state index in [0.717, 1.165) is 0 Å². The van der Waals surface area contributed by atoms with Gasteiger partial charge < -0.3 is 14.9 Å². The lowest BCUT2D eigenvalue weighted by Gasteiger charge is -2.07. The van der Waals surface area contributed by atoms with E-state index in [4.69, 9.17) is 21.8 Å². The normalized spacial score (nSPS) is 10.9. The Morgan fingerprint density at radius 2 is 2.09 bits per heavy atom. The van der Waals surface area contributed by atoms with Gasteiger partial charge in [-0.3, -0.25) is 0 Å². The maximum Gasteiger partial charge on any atom is 0.358 e. The smallest absolute Gasteiger partial charge is 0.358 e. The number of aromatic nitrogens is 3. The number of anilines is 1. The Kier molecular flexibility index (Phi) is 3.42. The predicted octanol–water partition coefficient (Wildman–Crippen LogP) is 2.62. The number of nitrogens with zero attached hydrogens (tertiary/aromatic N) is 3. The minimum atomic E-state index is -0.682. The molecule has 112 valence electrons. The van der Waals surface area contributed by atoms with Gasteiger partial charge in [-0.25, -0.2) is 19.7 Å². The van der Waals surface area contributed by atoms with Crippen molar-refractivity contribution >= 4 is 34.5 Å². The van der Waals surface area contributed by atoms with Crippen LogP contribution in [0.25, 0.3) is 22.5 Å². The van der Waals surface area contributed by atoms with Crippen LogP contribution >= 0.6 is 11.6 Å². The minimum Gasteiger partial charge on any atom is -0.464 e. The lowest BCUT2D eigenvalue weighted by molar-refractivity contribution is 0.0594. The van der Waals surface area contributed by atoms with E-state index in [2.05, 4.69) is 19.7 Å². The molecule has 0 amide bonds. The molecule has 3 rings (SSSR count). The highest BCUT2D eigenvalue weighted by Gasteiger charge is 2.19. The highest BCUT2D eigenvalue weighted by molar-refractivity contribution is 6.35. The molecule has 2 heterocycles. The quantitative estimate of drug-likeness (QED) is 0.724. The highest BCUT2D eigenvalue weighted by atomic mass is 35.5. The lowest BCUT2D eigenvalue weighted by atomic mass is 10.2. The van der Waals surface area contributed by atoms with Crippen molar-refractivity contribution in [1.29, 1.82) is 0 Å². The summed E-state index contributed by atoms with van der Waals surface area (Å²) >= 11 is 5.95. The van der Waals surface area contributed by atoms with Gasteiger partial charge in [0.25, 0.3) is 0 Å². The molecule has 0 radical (unpaired) electrons. The average molecular weight is 319 g/mol. The first-order valence-corrected chi connectivity index (χ1v) is 6.66. The third-order valence-electron chi connectivity index (χ3n) is 3.01. The molecule has 2 aromatic heterocycles.